The highest BCUT2D eigenvalue weighted by molar-refractivity contribution is 5.13. The molecule has 3 unspecified atom stereocenters. The molecule has 1 aromatic rings. The lowest BCUT2D eigenvalue weighted by Crippen LogP contribution is -2.32. The van der Waals surface area contributed by atoms with Crippen molar-refractivity contribution in [2.24, 2.45) is 17.6 Å². The van der Waals surface area contributed by atoms with E-state index in [2.05, 4.69) is 30.0 Å². The second-order valence-corrected chi connectivity index (χ2v) is 6.50. The minimum atomic E-state index is 0.359. The highest BCUT2D eigenvalue weighted by atomic mass is 15.3. The van der Waals surface area contributed by atoms with Gasteiger partial charge in [0.05, 0.1) is 12.2 Å². The first-order valence-electron chi connectivity index (χ1n) is 7.67. The Hall–Kier alpha value is -0.870. The molecule has 19 heavy (non-hydrogen) atoms. The topological polar surface area (TPSA) is 47.1 Å². The van der Waals surface area contributed by atoms with Crippen LogP contribution in [-0.2, 0) is 0 Å². The molecule has 106 valence electrons. The molecule has 0 amide bonds. The monoisotopic (exact) mass is 262 g/mol. The Morgan fingerprint density at radius 2 is 2.00 bits per heavy atom. The number of hydrogen-bond acceptors (Lipinski definition) is 3. The van der Waals surface area contributed by atoms with Gasteiger partial charge in [-0.15, -0.1) is 0 Å². The van der Waals surface area contributed by atoms with Crippen LogP contribution in [-0.4, -0.2) is 34.3 Å². The van der Waals surface area contributed by atoms with Crippen molar-refractivity contribution >= 4 is 0 Å². The summed E-state index contributed by atoms with van der Waals surface area (Å²) in [6.45, 7) is 7.49. The highest BCUT2D eigenvalue weighted by Gasteiger charge is 2.38. The number of fused-ring (bicyclic) bond motifs is 1. The Kier molecular flexibility index (Phi) is 3.63. The fourth-order valence-corrected chi connectivity index (χ4v) is 3.83. The van der Waals surface area contributed by atoms with Crippen LogP contribution >= 0.6 is 0 Å². The van der Waals surface area contributed by atoms with Crippen LogP contribution in [0.2, 0.25) is 0 Å². The number of rotatable bonds is 4. The summed E-state index contributed by atoms with van der Waals surface area (Å²) in [5.41, 5.74) is 7.33. The van der Waals surface area contributed by atoms with Crippen molar-refractivity contribution in [3.8, 4) is 0 Å². The molecule has 2 fully saturated rings. The second kappa shape index (κ2) is 5.25. The summed E-state index contributed by atoms with van der Waals surface area (Å²) in [4.78, 5) is 2.59. The zero-order valence-electron chi connectivity index (χ0n) is 12.1. The number of aromatic nitrogens is 2. The van der Waals surface area contributed by atoms with Crippen LogP contribution in [0, 0.1) is 11.8 Å². The van der Waals surface area contributed by atoms with Crippen LogP contribution in [0.5, 0.6) is 0 Å². The molecule has 0 bridgehead atoms. The average Bonchev–Trinajstić information content (AvgIpc) is 3.03. The van der Waals surface area contributed by atoms with Gasteiger partial charge in [-0.3, -0.25) is 9.58 Å². The maximum Gasteiger partial charge on any atom is 0.0538 e. The summed E-state index contributed by atoms with van der Waals surface area (Å²) in [7, 11) is 0. The maximum atomic E-state index is 6.04. The molecule has 0 spiro atoms. The van der Waals surface area contributed by atoms with Crippen LogP contribution < -0.4 is 5.73 Å². The van der Waals surface area contributed by atoms with Gasteiger partial charge in [0.15, 0.2) is 0 Å². The molecule has 4 nitrogen and oxygen atoms in total. The molecule has 2 heterocycles. The third-order valence-corrected chi connectivity index (χ3v) is 4.95. The Balaban J connectivity index is 1.73. The van der Waals surface area contributed by atoms with Crippen LogP contribution in [0.4, 0.5) is 0 Å². The van der Waals surface area contributed by atoms with Gasteiger partial charge in [0.2, 0.25) is 0 Å². The van der Waals surface area contributed by atoms with Gasteiger partial charge in [-0.25, -0.2) is 0 Å². The Morgan fingerprint density at radius 1 is 1.32 bits per heavy atom. The molecule has 1 saturated carbocycles. The van der Waals surface area contributed by atoms with E-state index in [-0.39, 0.29) is 0 Å². The summed E-state index contributed by atoms with van der Waals surface area (Å²) >= 11 is 0. The first kappa shape index (κ1) is 13.1. The number of nitrogens with zero attached hydrogens (tertiary/aromatic N) is 3. The quantitative estimate of drug-likeness (QED) is 0.905. The van der Waals surface area contributed by atoms with Gasteiger partial charge < -0.3 is 5.73 Å². The Labute approximate surface area is 116 Å². The van der Waals surface area contributed by atoms with Gasteiger partial charge in [-0.05, 0) is 38.5 Å². The predicted octanol–water partition coefficient (Wildman–Crippen LogP) is 2.20. The zero-order chi connectivity index (χ0) is 13.4. The molecule has 1 saturated heterocycles. The van der Waals surface area contributed by atoms with E-state index in [1.807, 2.05) is 10.9 Å². The molecular formula is C15H26N4. The van der Waals surface area contributed by atoms with E-state index in [1.165, 1.54) is 37.9 Å². The molecule has 1 aliphatic heterocycles. The molecule has 2 aliphatic rings. The minimum Gasteiger partial charge on any atom is -0.329 e. The summed E-state index contributed by atoms with van der Waals surface area (Å²) in [5, 5.41) is 4.46. The van der Waals surface area contributed by atoms with E-state index in [9.17, 15) is 0 Å². The number of likely N-dealkylation sites (tertiary alicyclic amines) is 1. The second-order valence-electron chi connectivity index (χ2n) is 6.50. The molecule has 2 N–H and O–H groups in total. The smallest absolute Gasteiger partial charge is 0.0538 e. The first-order chi connectivity index (χ1) is 9.19. The van der Waals surface area contributed by atoms with Crippen molar-refractivity contribution in [3.63, 3.8) is 0 Å². The lowest BCUT2D eigenvalue weighted by molar-refractivity contribution is 0.231. The van der Waals surface area contributed by atoms with Gasteiger partial charge in [-0.1, -0.05) is 6.42 Å². The minimum absolute atomic E-state index is 0.359. The summed E-state index contributed by atoms with van der Waals surface area (Å²) in [6, 6.07) is 0.781. The van der Waals surface area contributed by atoms with Crippen LogP contribution in [0.3, 0.4) is 0 Å². The lowest BCUT2D eigenvalue weighted by atomic mass is 10.0. The van der Waals surface area contributed by atoms with Crippen molar-refractivity contribution in [2.75, 3.05) is 19.6 Å². The van der Waals surface area contributed by atoms with E-state index in [0.29, 0.717) is 18.6 Å². The summed E-state index contributed by atoms with van der Waals surface area (Å²) in [6.07, 6.45) is 8.46. The molecule has 1 aromatic heterocycles. The van der Waals surface area contributed by atoms with Crippen molar-refractivity contribution in [1.29, 1.82) is 0 Å². The SMILES string of the molecule is CC(C)n1cc(C(CN)N2CC3CCCC3C2)cn1. The average molecular weight is 262 g/mol. The van der Waals surface area contributed by atoms with Gasteiger partial charge in [0, 0.05) is 37.4 Å². The van der Waals surface area contributed by atoms with Gasteiger partial charge in [0.1, 0.15) is 0 Å². The largest absolute Gasteiger partial charge is 0.329 e. The molecule has 3 atom stereocenters. The molecule has 0 aromatic carbocycles. The third kappa shape index (κ3) is 2.43. The molecular weight excluding hydrogens is 236 g/mol. The van der Waals surface area contributed by atoms with Crippen LogP contribution in [0.25, 0.3) is 0 Å². The van der Waals surface area contributed by atoms with Gasteiger partial charge in [0.25, 0.3) is 0 Å². The molecule has 3 rings (SSSR count). The van der Waals surface area contributed by atoms with Crippen molar-refractivity contribution in [1.82, 2.24) is 14.7 Å². The maximum absolute atomic E-state index is 6.04. The van der Waals surface area contributed by atoms with Crippen molar-refractivity contribution in [3.05, 3.63) is 18.0 Å². The van der Waals surface area contributed by atoms with E-state index in [1.54, 1.807) is 0 Å². The van der Waals surface area contributed by atoms with E-state index in [4.69, 9.17) is 5.73 Å². The number of hydrogen-bond donors (Lipinski definition) is 1. The van der Waals surface area contributed by atoms with Crippen LogP contribution in [0.1, 0.15) is 50.8 Å². The zero-order valence-corrected chi connectivity index (χ0v) is 12.1. The summed E-state index contributed by atoms with van der Waals surface area (Å²) in [5.74, 6) is 1.85. The first-order valence-corrected chi connectivity index (χ1v) is 7.67. The Morgan fingerprint density at radius 3 is 2.53 bits per heavy atom. The standard InChI is InChI=1S/C15H26N4/c1-11(2)19-10-14(7-17-19)15(6-16)18-8-12-4-3-5-13(12)9-18/h7,10-13,15H,3-6,8-9,16H2,1-2H3. The van der Waals surface area contributed by atoms with E-state index >= 15 is 0 Å². The third-order valence-electron chi connectivity index (χ3n) is 4.95. The van der Waals surface area contributed by atoms with Gasteiger partial charge in [-0.2, -0.15) is 5.10 Å². The van der Waals surface area contributed by atoms with Crippen molar-refractivity contribution in [2.45, 2.75) is 45.2 Å². The van der Waals surface area contributed by atoms with E-state index in [0.717, 1.165) is 11.8 Å². The molecule has 0 radical (unpaired) electrons. The van der Waals surface area contributed by atoms with Crippen molar-refractivity contribution < 1.29 is 0 Å². The lowest BCUT2D eigenvalue weighted by Gasteiger charge is -2.26. The predicted molar refractivity (Wildman–Crippen MR) is 76.8 cm³/mol. The van der Waals surface area contributed by atoms with Gasteiger partial charge >= 0.3 is 0 Å². The Bertz CT molecular complexity index is 414. The fraction of sp³-hybridized carbons (Fsp3) is 0.800. The highest BCUT2D eigenvalue weighted by Crippen LogP contribution is 2.40. The summed E-state index contributed by atoms with van der Waals surface area (Å²) < 4.78 is 2.04. The van der Waals surface area contributed by atoms with Crippen LogP contribution in [0.15, 0.2) is 12.4 Å². The fourth-order valence-electron chi connectivity index (χ4n) is 3.83. The molecule has 1 aliphatic carbocycles. The normalized spacial score (nSPS) is 29.1. The molecule has 4 heteroatoms. The number of nitrogens with two attached hydrogens (primary N) is 1. The van der Waals surface area contributed by atoms with E-state index < -0.39 is 0 Å².